The van der Waals surface area contributed by atoms with E-state index in [0.717, 1.165) is 80.1 Å². The highest BCUT2D eigenvalue weighted by Gasteiger charge is 2.59. The molecule has 0 aromatic carbocycles. The summed E-state index contributed by atoms with van der Waals surface area (Å²) >= 11 is 0. The van der Waals surface area contributed by atoms with Crippen LogP contribution in [0.2, 0.25) is 0 Å². The quantitative estimate of drug-likeness (QED) is 0.414. The van der Waals surface area contributed by atoms with Crippen molar-refractivity contribution in [1.82, 2.24) is 25.0 Å². The number of rotatable bonds is 7. The lowest BCUT2D eigenvalue weighted by Crippen LogP contribution is -2.52. The van der Waals surface area contributed by atoms with Gasteiger partial charge in [0, 0.05) is 46.2 Å². The first-order valence-electron chi connectivity index (χ1n) is 18.2. The van der Waals surface area contributed by atoms with Crippen LogP contribution >= 0.6 is 0 Å². The van der Waals surface area contributed by atoms with E-state index < -0.39 is 0 Å². The van der Waals surface area contributed by atoms with Gasteiger partial charge in [-0.05, 0) is 117 Å². The van der Waals surface area contributed by atoms with Crippen LogP contribution in [0.5, 0.6) is 0 Å². The molecule has 2 saturated heterocycles. The predicted molar refractivity (Wildman–Crippen MR) is 173 cm³/mol. The van der Waals surface area contributed by atoms with Crippen molar-refractivity contribution in [2.45, 2.75) is 110 Å². The number of carbonyl (C=O) groups excluding carboxylic acids is 2. The average Bonchev–Trinajstić information content (AvgIpc) is 3.55. The molecule has 2 aliphatic heterocycles. The summed E-state index contributed by atoms with van der Waals surface area (Å²) in [6, 6.07) is 6.10. The largest absolute Gasteiger partial charge is 0.340 e. The van der Waals surface area contributed by atoms with E-state index in [-0.39, 0.29) is 12.1 Å². The maximum Gasteiger partial charge on any atom is 0.237 e. The van der Waals surface area contributed by atoms with E-state index >= 15 is 0 Å². The minimum atomic E-state index is -0.148. The minimum absolute atomic E-state index is 0.0998. The van der Waals surface area contributed by atoms with E-state index in [9.17, 15) is 9.59 Å². The smallest absolute Gasteiger partial charge is 0.237 e. The standard InChI is InChI=1S/C37H57N5O2/c1-36-18-5-4-8-26(36)13-15-29-30-16-14-27(37(30,2)19-17-31(29)36)9-6-12-33(43)42-22-20-41(21-23-42)25-28-10-7-11-32(39-28)35-38-24-34(44)40(35)3/h7,10-11,26-27,29-31,35,38H,4-6,8-9,12-25H2,1-3H3/t26?,27?,29?,30?,31?,35?,36-,37?/m0/s1. The second-order valence-corrected chi connectivity index (χ2v) is 16.1. The zero-order valence-electron chi connectivity index (χ0n) is 27.7. The van der Waals surface area contributed by atoms with Crippen LogP contribution < -0.4 is 5.32 Å². The molecule has 6 aliphatic rings. The summed E-state index contributed by atoms with van der Waals surface area (Å²) in [4.78, 5) is 36.3. The second kappa shape index (κ2) is 12.3. The van der Waals surface area contributed by atoms with Gasteiger partial charge >= 0.3 is 0 Å². The van der Waals surface area contributed by atoms with Crippen LogP contribution in [0.1, 0.15) is 115 Å². The highest BCUT2D eigenvalue weighted by molar-refractivity contribution is 5.80. The summed E-state index contributed by atoms with van der Waals surface area (Å²) in [5.41, 5.74) is 3.06. The Morgan fingerprint density at radius 2 is 1.77 bits per heavy atom. The Morgan fingerprint density at radius 3 is 2.57 bits per heavy atom. The van der Waals surface area contributed by atoms with Gasteiger partial charge in [0.05, 0.1) is 17.9 Å². The molecular formula is C37H57N5O2. The Bertz CT molecular complexity index is 1210. The molecule has 7 rings (SSSR count). The van der Waals surface area contributed by atoms with Crippen molar-refractivity contribution in [2.24, 2.45) is 40.4 Å². The molecule has 0 radical (unpaired) electrons. The van der Waals surface area contributed by atoms with Gasteiger partial charge in [-0.15, -0.1) is 0 Å². The third-order valence-electron chi connectivity index (χ3n) is 14.2. The SMILES string of the molecule is CN1C(=O)CNC1c1cccc(CN2CCN(C(=O)CCCC3CCC4C5CCC6CCCC[C@]6(C)C5CCC34C)CC2)n1. The summed E-state index contributed by atoms with van der Waals surface area (Å²) in [6.07, 6.45) is 17.6. The highest BCUT2D eigenvalue weighted by atomic mass is 16.2. The zero-order valence-corrected chi connectivity index (χ0v) is 27.7. The molecule has 7 unspecified atom stereocenters. The Kier molecular flexibility index (Phi) is 8.58. The molecule has 2 amide bonds. The Morgan fingerprint density at radius 1 is 0.955 bits per heavy atom. The zero-order chi connectivity index (χ0) is 30.5. The summed E-state index contributed by atoms with van der Waals surface area (Å²) < 4.78 is 0. The predicted octanol–water partition coefficient (Wildman–Crippen LogP) is 6.01. The number of pyridine rings is 1. The van der Waals surface area contributed by atoms with Crippen LogP contribution in [0.15, 0.2) is 18.2 Å². The van der Waals surface area contributed by atoms with E-state index in [2.05, 4.69) is 35.0 Å². The lowest BCUT2D eigenvalue weighted by molar-refractivity contribution is -0.133. The van der Waals surface area contributed by atoms with E-state index in [1.54, 1.807) is 4.90 Å². The van der Waals surface area contributed by atoms with Gasteiger partial charge in [-0.25, -0.2) is 0 Å². The van der Waals surface area contributed by atoms with E-state index in [1.807, 2.05) is 19.2 Å². The van der Waals surface area contributed by atoms with Crippen molar-refractivity contribution in [2.75, 3.05) is 39.8 Å². The molecule has 242 valence electrons. The Labute approximate surface area is 265 Å². The van der Waals surface area contributed by atoms with Crippen LogP contribution in [0.4, 0.5) is 0 Å². The van der Waals surface area contributed by atoms with Gasteiger partial charge in [0.15, 0.2) is 0 Å². The van der Waals surface area contributed by atoms with E-state index in [1.165, 1.54) is 70.6 Å². The summed E-state index contributed by atoms with van der Waals surface area (Å²) in [7, 11) is 1.83. The summed E-state index contributed by atoms with van der Waals surface area (Å²) in [6.45, 7) is 9.91. The number of amides is 2. The molecule has 8 atom stereocenters. The first-order valence-corrected chi connectivity index (χ1v) is 18.2. The normalized spacial score (nSPS) is 39.2. The van der Waals surface area contributed by atoms with E-state index in [0.29, 0.717) is 29.7 Å². The van der Waals surface area contributed by atoms with E-state index in [4.69, 9.17) is 4.98 Å². The molecule has 1 aromatic heterocycles. The number of piperazine rings is 1. The van der Waals surface area contributed by atoms with Crippen molar-refractivity contribution >= 4 is 11.8 Å². The van der Waals surface area contributed by atoms with Gasteiger partial charge in [-0.3, -0.25) is 24.8 Å². The number of carbonyl (C=O) groups is 2. The van der Waals surface area contributed by atoms with Gasteiger partial charge in [-0.1, -0.05) is 32.8 Å². The fourth-order valence-corrected chi connectivity index (χ4v) is 11.6. The topological polar surface area (TPSA) is 68.8 Å². The monoisotopic (exact) mass is 603 g/mol. The second-order valence-electron chi connectivity index (χ2n) is 16.1. The molecule has 44 heavy (non-hydrogen) atoms. The van der Waals surface area contributed by atoms with Crippen molar-refractivity contribution < 1.29 is 9.59 Å². The summed E-state index contributed by atoms with van der Waals surface area (Å²) in [5.74, 6) is 5.16. The fraction of sp³-hybridized carbons (Fsp3) is 0.811. The van der Waals surface area contributed by atoms with Gasteiger partial charge in [0.2, 0.25) is 11.8 Å². The maximum absolute atomic E-state index is 13.3. The molecule has 0 bridgehead atoms. The number of nitrogens with zero attached hydrogens (tertiary/aromatic N) is 4. The molecular weight excluding hydrogens is 546 g/mol. The molecule has 1 N–H and O–H groups in total. The number of hydrogen-bond acceptors (Lipinski definition) is 5. The number of nitrogens with one attached hydrogen (secondary N) is 1. The number of likely N-dealkylation sites (N-methyl/N-ethyl adjacent to an activating group) is 1. The summed E-state index contributed by atoms with van der Waals surface area (Å²) in [5, 5.41) is 3.25. The number of aromatic nitrogens is 1. The van der Waals surface area contributed by atoms with Crippen molar-refractivity contribution in [3.05, 3.63) is 29.6 Å². The van der Waals surface area contributed by atoms with Crippen LogP contribution in [0, 0.1) is 40.4 Å². The Balaban J connectivity index is 0.864. The van der Waals surface area contributed by atoms with Crippen molar-refractivity contribution in [3.8, 4) is 0 Å². The minimum Gasteiger partial charge on any atom is -0.340 e. The van der Waals surface area contributed by atoms with Gasteiger partial charge < -0.3 is 9.80 Å². The first kappa shape index (κ1) is 30.7. The lowest BCUT2D eigenvalue weighted by Gasteiger charge is -2.60. The molecule has 6 fully saturated rings. The van der Waals surface area contributed by atoms with Crippen LogP contribution in [-0.4, -0.2) is 71.3 Å². The first-order chi connectivity index (χ1) is 21.3. The Hall–Kier alpha value is -1.99. The molecule has 7 heteroatoms. The van der Waals surface area contributed by atoms with Crippen LogP contribution in [0.3, 0.4) is 0 Å². The van der Waals surface area contributed by atoms with Crippen LogP contribution in [0.25, 0.3) is 0 Å². The number of hydrogen-bond donors (Lipinski definition) is 1. The molecule has 1 aromatic rings. The molecule has 7 nitrogen and oxygen atoms in total. The molecule has 0 spiro atoms. The average molecular weight is 604 g/mol. The molecule has 4 aliphatic carbocycles. The maximum atomic E-state index is 13.3. The third kappa shape index (κ3) is 5.52. The third-order valence-corrected chi connectivity index (χ3v) is 14.2. The van der Waals surface area contributed by atoms with Crippen molar-refractivity contribution in [3.63, 3.8) is 0 Å². The van der Waals surface area contributed by atoms with Gasteiger partial charge in [0.1, 0.15) is 6.17 Å². The van der Waals surface area contributed by atoms with Gasteiger partial charge in [0.25, 0.3) is 0 Å². The van der Waals surface area contributed by atoms with Crippen molar-refractivity contribution in [1.29, 1.82) is 0 Å². The molecule has 4 saturated carbocycles. The van der Waals surface area contributed by atoms with Crippen LogP contribution in [-0.2, 0) is 16.1 Å². The number of fused-ring (bicyclic) bond motifs is 5. The lowest BCUT2D eigenvalue weighted by atomic mass is 9.45. The highest BCUT2D eigenvalue weighted by Crippen LogP contribution is 2.67. The van der Waals surface area contributed by atoms with Gasteiger partial charge in [-0.2, -0.15) is 0 Å². The molecule has 3 heterocycles. The fourth-order valence-electron chi connectivity index (χ4n) is 11.6.